The number of aromatic amines is 1. The van der Waals surface area contributed by atoms with E-state index in [1.165, 1.54) is 25.5 Å². The molecule has 0 bridgehead atoms. The summed E-state index contributed by atoms with van der Waals surface area (Å²) in [5.74, 6) is 0.245. The second-order valence-electron chi connectivity index (χ2n) is 8.18. The Labute approximate surface area is 157 Å². The van der Waals surface area contributed by atoms with E-state index < -0.39 is 11.7 Å². The predicted molar refractivity (Wildman–Crippen MR) is 103 cm³/mol. The molecule has 2 aromatic rings. The largest absolute Gasteiger partial charge is 0.404 e. The molecule has 1 saturated carbocycles. The lowest BCUT2D eigenvalue weighted by Gasteiger charge is -2.40. The lowest BCUT2D eigenvalue weighted by Crippen LogP contribution is -2.40. The summed E-state index contributed by atoms with van der Waals surface area (Å²) in [7, 11) is 0. The molecule has 0 unspecified atom stereocenters. The van der Waals surface area contributed by atoms with Crippen molar-refractivity contribution in [3.05, 3.63) is 35.5 Å². The number of likely N-dealkylation sites (tertiary alicyclic amines) is 1. The minimum absolute atomic E-state index is 0.0771. The van der Waals surface area contributed by atoms with E-state index in [1.807, 2.05) is 0 Å². The quantitative estimate of drug-likeness (QED) is 0.752. The Morgan fingerprint density at radius 1 is 1.41 bits per heavy atom. The summed E-state index contributed by atoms with van der Waals surface area (Å²) in [4.78, 5) is 21.9. The molecular weight excluding hydrogens is 345 g/mol. The van der Waals surface area contributed by atoms with Crippen LogP contribution in [0.1, 0.15) is 48.8 Å². The molecule has 1 saturated heterocycles. The van der Waals surface area contributed by atoms with Gasteiger partial charge in [0.2, 0.25) is 0 Å². The number of piperidine rings is 1. The lowest BCUT2D eigenvalue weighted by atomic mass is 9.74. The number of fused-ring (bicyclic) bond motifs is 1. The Morgan fingerprint density at radius 3 is 2.70 bits per heavy atom. The van der Waals surface area contributed by atoms with Gasteiger partial charge < -0.3 is 21.4 Å². The summed E-state index contributed by atoms with van der Waals surface area (Å²) in [6.07, 6.45) is 6.28. The maximum Gasteiger partial charge on any atom is 0.251 e. The average molecular weight is 371 g/mol. The normalized spacial score (nSPS) is 20.9. The van der Waals surface area contributed by atoms with Crippen molar-refractivity contribution < 1.29 is 9.18 Å². The molecule has 27 heavy (non-hydrogen) atoms. The standard InChI is InChI=1S/C20H26FN5O/c1-20(4-6-26(7-5-20)11-12-2-3-12)15(10-22)19-24-16-9-13(21)8-14(18(23)27)17(16)25-19/h8-10,12H,2-7,11,22H2,1H3,(H2,23,27)(H,24,25). The van der Waals surface area contributed by atoms with Crippen LogP contribution in [0.15, 0.2) is 18.3 Å². The van der Waals surface area contributed by atoms with Gasteiger partial charge in [0.25, 0.3) is 5.91 Å². The number of nitrogens with zero attached hydrogens (tertiary/aromatic N) is 2. The molecule has 2 aliphatic rings. The van der Waals surface area contributed by atoms with Crippen molar-refractivity contribution in [2.24, 2.45) is 22.8 Å². The van der Waals surface area contributed by atoms with Gasteiger partial charge in [-0.2, -0.15) is 0 Å². The topological polar surface area (TPSA) is 101 Å². The van der Waals surface area contributed by atoms with E-state index in [0.717, 1.165) is 43.5 Å². The number of carbonyl (C=O) groups excluding carboxylic acids is 1. The van der Waals surface area contributed by atoms with Gasteiger partial charge in [0, 0.05) is 18.3 Å². The van der Waals surface area contributed by atoms with Crippen molar-refractivity contribution in [1.29, 1.82) is 0 Å². The third-order valence-corrected chi connectivity index (χ3v) is 6.06. The molecule has 7 heteroatoms. The van der Waals surface area contributed by atoms with Crippen LogP contribution < -0.4 is 11.5 Å². The van der Waals surface area contributed by atoms with Crippen molar-refractivity contribution in [2.75, 3.05) is 19.6 Å². The highest BCUT2D eigenvalue weighted by Crippen LogP contribution is 2.43. The molecule has 1 aliphatic carbocycles. The summed E-state index contributed by atoms with van der Waals surface area (Å²) in [5.41, 5.74) is 13.1. The number of hydrogen-bond acceptors (Lipinski definition) is 4. The van der Waals surface area contributed by atoms with Gasteiger partial charge in [-0.25, -0.2) is 9.37 Å². The number of imidazole rings is 1. The van der Waals surface area contributed by atoms with Gasteiger partial charge in [-0.05, 0) is 62.2 Å². The Morgan fingerprint density at radius 2 is 2.11 bits per heavy atom. The summed E-state index contributed by atoms with van der Waals surface area (Å²) in [5, 5.41) is 0. The van der Waals surface area contributed by atoms with Crippen molar-refractivity contribution in [1.82, 2.24) is 14.9 Å². The summed E-state index contributed by atoms with van der Waals surface area (Å²) < 4.78 is 13.8. The van der Waals surface area contributed by atoms with Crippen LogP contribution in [-0.4, -0.2) is 40.4 Å². The second kappa shape index (κ2) is 6.64. The molecule has 5 N–H and O–H groups in total. The number of nitrogens with two attached hydrogens (primary N) is 2. The van der Waals surface area contributed by atoms with E-state index in [2.05, 4.69) is 21.8 Å². The SMILES string of the molecule is CC1(C(=CN)c2nc3c(C(N)=O)cc(F)cc3[nH]2)CCN(CC2CC2)CC1. The first-order valence-corrected chi connectivity index (χ1v) is 9.54. The van der Waals surface area contributed by atoms with E-state index in [0.29, 0.717) is 16.9 Å². The van der Waals surface area contributed by atoms with Crippen LogP contribution in [0.2, 0.25) is 0 Å². The number of benzene rings is 1. The van der Waals surface area contributed by atoms with Crippen LogP contribution in [0.25, 0.3) is 16.6 Å². The number of primary amides is 1. The molecule has 0 radical (unpaired) electrons. The number of H-pyrrole nitrogens is 1. The predicted octanol–water partition coefficient (Wildman–Crippen LogP) is 2.61. The maximum atomic E-state index is 13.8. The number of halogens is 1. The van der Waals surface area contributed by atoms with Crippen molar-refractivity contribution >= 4 is 22.5 Å². The number of hydrogen-bond donors (Lipinski definition) is 3. The summed E-state index contributed by atoms with van der Waals surface area (Å²) in [6, 6.07) is 2.45. The fraction of sp³-hybridized carbons (Fsp3) is 0.500. The molecule has 0 atom stereocenters. The van der Waals surface area contributed by atoms with E-state index in [9.17, 15) is 9.18 Å². The average Bonchev–Trinajstić information content (AvgIpc) is 3.34. The fourth-order valence-electron chi connectivity index (χ4n) is 4.13. The molecular formula is C20H26FN5O. The van der Waals surface area contributed by atoms with Gasteiger partial charge in [0.15, 0.2) is 0 Å². The maximum absolute atomic E-state index is 13.8. The first kappa shape index (κ1) is 18.0. The molecule has 1 aromatic carbocycles. The van der Waals surface area contributed by atoms with E-state index in [4.69, 9.17) is 11.5 Å². The smallest absolute Gasteiger partial charge is 0.251 e. The molecule has 2 fully saturated rings. The Bertz CT molecular complexity index is 906. The van der Waals surface area contributed by atoms with Crippen LogP contribution in [0.3, 0.4) is 0 Å². The summed E-state index contributed by atoms with van der Waals surface area (Å²) in [6.45, 7) is 5.46. The molecule has 4 rings (SSSR count). The number of carbonyl (C=O) groups is 1. The number of rotatable bonds is 5. The van der Waals surface area contributed by atoms with E-state index in [-0.39, 0.29) is 11.0 Å². The number of nitrogens with one attached hydrogen (secondary N) is 1. The van der Waals surface area contributed by atoms with Crippen molar-refractivity contribution in [2.45, 2.75) is 32.6 Å². The molecule has 1 amide bonds. The van der Waals surface area contributed by atoms with Crippen molar-refractivity contribution in [3.8, 4) is 0 Å². The third kappa shape index (κ3) is 3.43. The first-order valence-electron chi connectivity index (χ1n) is 9.54. The number of amides is 1. The number of aromatic nitrogens is 2. The minimum Gasteiger partial charge on any atom is -0.404 e. The second-order valence-corrected chi connectivity index (χ2v) is 8.18. The van der Waals surface area contributed by atoms with Crippen LogP contribution in [0, 0.1) is 17.2 Å². The minimum atomic E-state index is -0.699. The number of allylic oxidation sites excluding steroid dienone is 1. The van der Waals surface area contributed by atoms with Gasteiger partial charge in [0.05, 0.1) is 11.1 Å². The zero-order valence-corrected chi connectivity index (χ0v) is 15.6. The molecule has 1 aromatic heterocycles. The van der Waals surface area contributed by atoms with Crippen LogP contribution >= 0.6 is 0 Å². The third-order valence-electron chi connectivity index (χ3n) is 6.06. The van der Waals surface area contributed by atoms with Gasteiger partial charge >= 0.3 is 0 Å². The van der Waals surface area contributed by atoms with Gasteiger partial charge in [-0.3, -0.25) is 4.79 Å². The van der Waals surface area contributed by atoms with E-state index >= 15 is 0 Å². The van der Waals surface area contributed by atoms with Crippen LogP contribution in [-0.2, 0) is 0 Å². The fourth-order valence-corrected chi connectivity index (χ4v) is 4.13. The lowest BCUT2D eigenvalue weighted by molar-refractivity contribution is 0.100. The highest BCUT2D eigenvalue weighted by Gasteiger charge is 2.37. The van der Waals surface area contributed by atoms with Crippen LogP contribution in [0.4, 0.5) is 4.39 Å². The molecule has 6 nitrogen and oxygen atoms in total. The van der Waals surface area contributed by atoms with Crippen LogP contribution in [0.5, 0.6) is 0 Å². The van der Waals surface area contributed by atoms with Gasteiger partial charge in [-0.1, -0.05) is 6.92 Å². The Kier molecular flexibility index (Phi) is 4.42. The molecule has 144 valence electrons. The van der Waals surface area contributed by atoms with Gasteiger partial charge in [0.1, 0.15) is 17.2 Å². The first-order chi connectivity index (χ1) is 12.9. The molecule has 1 aliphatic heterocycles. The van der Waals surface area contributed by atoms with E-state index in [1.54, 1.807) is 6.20 Å². The molecule has 0 spiro atoms. The zero-order chi connectivity index (χ0) is 19.2. The van der Waals surface area contributed by atoms with Gasteiger partial charge in [-0.15, -0.1) is 0 Å². The zero-order valence-electron chi connectivity index (χ0n) is 15.6. The molecule has 2 heterocycles. The highest BCUT2D eigenvalue weighted by atomic mass is 19.1. The monoisotopic (exact) mass is 371 g/mol. The van der Waals surface area contributed by atoms with Crippen molar-refractivity contribution in [3.63, 3.8) is 0 Å². The summed E-state index contributed by atoms with van der Waals surface area (Å²) >= 11 is 0. The highest BCUT2D eigenvalue weighted by molar-refractivity contribution is 6.04. The Balaban J connectivity index is 1.62. The Hall–Kier alpha value is -2.41.